The molecule has 0 aromatic heterocycles. The van der Waals surface area contributed by atoms with Gasteiger partial charge in [0.15, 0.2) is 0 Å². The molecule has 2 aromatic carbocycles. The van der Waals surface area contributed by atoms with Crippen molar-refractivity contribution in [2.24, 2.45) is 0 Å². The van der Waals surface area contributed by atoms with E-state index in [0.29, 0.717) is 23.6 Å². The molecule has 32 heavy (non-hydrogen) atoms. The summed E-state index contributed by atoms with van der Waals surface area (Å²) in [5.74, 6) is 3.15. The molecule has 3 N–H and O–H groups in total. The second kappa shape index (κ2) is 11.7. The minimum Gasteiger partial charge on any atom is -0.488 e. The zero-order valence-corrected chi connectivity index (χ0v) is 18.7. The molecular weight excluding hydrogens is 432 g/mol. The Labute approximate surface area is 193 Å². The van der Waals surface area contributed by atoms with Crippen molar-refractivity contribution >= 4 is 11.6 Å². The van der Waals surface area contributed by atoms with Gasteiger partial charge in [-0.1, -0.05) is 41.8 Å². The Balaban J connectivity index is 1.68. The van der Waals surface area contributed by atoms with Gasteiger partial charge in [-0.05, 0) is 48.2 Å². The van der Waals surface area contributed by atoms with Crippen LogP contribution in [0.25, 0.3) is 0 Å². The Morgan fingerprint density at radius 3 is 2.66 bits per heavy atom. The van der Waals surface area contributed by atoms with E-state index < -0.39 is 24.4 Å². The minimum atomic E-state index is -1.07. The second-order valence-corrected chi connectivity index (χ2v) is 8.38. The molecule has 6 nitrogen and oxygen atoms in total. The van der Waals surface area contributed by atoms with Crippen LogP contribution in [0.2, 0.25) is 5.02 Å². The van der Waals surface area contributed by atoms with E-state index in [1.165, 1.54) is 0 Å². The van der Waals surface area contributed by atoms with Gasteiger partial charge in [-0.15, -0.1) is 6.42 Å². The molecule has 2 aromatic rings. The first-order chi connectivity index (χ1) is 15.4. The van der Waals surface area contributed by atoms with Crippen LogP contribution in [0.15, 0.2) is 42.5 Å². The highest BCUT2D eigenvalue weighted by molar-refractivity contribution is 6.31. The summed E-state index contributed by atoms with van der Waals surface area (Å²) in [6.07, 6.45) is 2.51. The second-order valence-electron chi connectivity index (χ2n) is 7.97. The van der Waals surface area contributed by atoms with E-state index in [-0.39, 0.29) is 25.7 Å². The Morgan fingerprint density at radius 2 is 1.97 bits per heavy atom. The average molecular weight is 461 g/mol. The van der Waals surface area contributed by atoms with Crippen molar-refractivity contribution in [3.8, 4) is 18.1 Å². The number of rotatable bonds is 9. The third-order valence-electron chi connectivity index (χ3n) is 5.34. The number of hydrogen-bond acceptors (Lipinski definition) is 6. The molecule has 0 bridgehead atoms. The number of aliphatic hydroxyl groups excluding tert-OH is 3. The van der Waals surface area contributed by atoms with E-state index in [1.807, 2.05) is 37.3 Å². The Kier molecular flexibility index (Phi) is 8.94. The summed E-state index contributed by atoms with van der Waals surface area (Å²) in [5, 5.41) is 30.5. The molecule has 7 heteroatoms. The smallest absolute Gasteiger partial charge is 0.119 e. The molecule has 1 fully saturated rings. The predicted octanol–water partition coefficient (Wildman–Crippen LogP) is 2.89. The summed E-state index contributed by atoms with van der Waals surface area (Å²) in [6, 6.07) is 13.1. The van der Waals surface area contributed by atoms with E-state index in [2.05, 4.69) is 5.92 Å². The molecule has 0 aliphatic carbocycles. The van der Waals surface area contributed by atoms with Crippen LogP contribution in [-0.2, 0) is 15.9 Å². The summed E-state index contributed by atoms with van der Waals surface area (Å²) in [6.45, 7) is 2.36. The highest BCUT2D eigenvalue weighted by atomic mass is 35.5. The SMILES string of the molecule is C#CCOCC(C)Oc1ccc(Cc2cc([C@@H]3O[C@H](CO)C[C@H](O)[C@H]3O)ccc2Cl)cc1. The average Bonchev–Trinajstić information content (AvgIpc) is 2.78. The first kappa shape index (κ1) is 24.5. The van der Waals surface area contributed by atoms with Gasteiger partial charge in [0, 0.05) is 11.4 Å². The van der Waals surface area contributed by atoms with E-state index in [1.54, 1.807) is 12.1 Å². The fraction of sp³-hybridized carbons (Fsp3) is 0.440. The van der Waals surface area contributed by atoms with Crippen LogP contribution in [0.5, 0.6) is 5.75 Å². The first-order valence-electron chi connectivity index (χ1n) is 10.6. The van der Waals surface area contributed by atoms with Crippen molar-refractivity contribution in [3.05, 3.63) is 64.2 Å². The van der Waals surface area contributed by atoms with Gasteiger partial charge in [0.2, 0.25) is 0 Å². The van der Waals surface area contributed by atoms with Crippen LogP contribution in [0, 0.1) is 12.3 Å². The number of ether oxygens (including phenoxy) is 3. The number of aliphatic hydroxyl groups is 3. The molecular formula is C25H29ClO6. The molecule has 0 saturated carbocycles. The lowest BCUT2D eigenvalue weighted by Gasteiger charge is -2.37. The van der Waals surface area contributed by atoms with Gasteiger partial charge in [-0.25, -0.2) is 0 Å². The molecule has 0 radical (unpaired) electrons. The first-order valence-corrected chi connectivity index (χ1v) is 11.0. The van der Waals surface area contributed by atoms with Crippen molar-refractivity contribution in [2.75, 3.05) is 19.8 Å². The van der Waals surface area contributed by atoms with E-state index >= 15 is 0 Å². The Hall–Kier alpha value is -2.11. The van der Waals surface area contributed by atoms with Gasteiger partial charge in [-0.3, -0.25) is 0 Å². The fourth-order valence-electron chi connectivity index (χ4n) is 3.71. The number of hydrogen-bond donors (Lipinski definition) is 3. The topological polar surface area (TPSA) is 88.4 Å². The summed E-state index contributed by atoms with van der Waals surface area (Å²) < 4.78 is 16.9. The molecule has 1 aliphatic heterocycles. The van der Waals surface area contributed by atoms with Crippen LogP contribution in [0.4, 0.5) is 0 Å². The van der Waals surface area contributed by atoms with E-state index in [4.69, 9.17) is 32.2 Å². The predicted molar refractivity (Wildman–Crippen MR) is 122 cm³/mol. The fourth-order valence-corrected chi connectivity index (χ4v) is 3.89. The molecule has 0 amide bonds. The zero-order chi connectivity index (χ0) is 23.1. The highest BCUT2D eigenvalue weighted by Crippen LogP contribution is 2.34. The lowest BCUT2D eigenvalue weighted by molar-refractivity contribution is -0.179. The lowest BCUT2D eigenvalue weighted by atomic mass is 9.91. The molecule has 5 atom stereocenters. The maximum Gasteiger partial charge on any atom is 0.119 e. The highest BCUT2D eigenvalue weighted by Gasteiger charge is 2.37. The van der Waals surface area contributed by atoms with Crippen molar-refractivity contribution < 1.29 is 29.5 Å². The standard InChI is InChI=1S/C25H29ClO6/c1-3-10-30-15-16(2)31-20-7-4-17(5-8-20)11-19-12-18(6-9-22(19)26)25-24(29)23(28)13-21(14-27)32-25/h1,4-9,12,16,21,23-25,27-29H,10-11,13-15H2,2H3/t16?,21-,23-,24+,25-/m0/s1. The molecule has 1 heterocycles. The van der Waals surface area contributed by atoms with Gasteiger partial charge >= 0.3 is 0 Å². The summed E-state index contributed by atoms with van der Waals surface area (Å²) in [5.41, 5.74) is 2.60. The summed E-state index contributed by atoms with van der Waals surface area (Å²) in [7, 11) is 0. The van der Waals surface area contributed by atoms with Crippen LogP contribution in [0.1, 0.15) is 36.1 Å². The molecule has 1 aliphatic rings. The molecule has 172 valence electrons. The maximum atomic E-state index is 10.4. The minimum absolute atomic E-state index is 0.125. The monoisotopic (exact) mass is 460 g/mol. The molecule has 3 rings (SSSR count). The number of terminal acetylenes is 1. The third kappa shape index (κ3) is 6.46. The van der Waals surface area contributed by atoms with Crippen molar-refractivity contribution in [1.82, 2.24) is 0 Å². The van der Waals surface area contributed by atoms with Crippen LogP contribution >= 0.6 is 11.6 Å². The number of benzene rings is 2. The zero-order valence-electron chi connectivity index (χ0n) is 18.0. The third-order valence-corrected chi connectivity index (χ3v) is 5.71. The van der Waals surface area contributed by atoms with Crippen LogP contribution in [0.3, 0.4) is 0 Å². The molecule has 0 spiro atoms. The number of halogens is 1. The quantitative estimate of drug-likeness (QED) is 0.394. The Bertz CT molecular complexity index is 910. The van der Waals surface area contributed by atoms with Gasteiger partial charge in [0.25, 0.3) is 0 Å². The maximum absolute atomic E-state index is 10.4. The van der Waals surface area contributed by atoms with E-state index in [9.17, 15) is 15.3 Å². The lowest BCUT2D eigenvalue weighted by Crippen LogP contribution is -2.44. The molecule has 1 unspecified atom stereocenters. The largest absolute Gasteiger partial charge is 0.488 e. The Morgan fingerprint density at radius 1 is 1.22 bits per heavy atom. The van der Waals surface area contributed by atoms with Gasteiger partial charge in [0.05, 0.1) is 25.4 Å². The van der Waals surface area contributed by atoms with Crippen LogP contribution in [-0.4, -0.2) is 59.6 Å². The molecule has 1 saturated heterocycles. The van der Waals surface area contributed by atoms with Crippen molar-refractivity contribution in [1.29, 1.82) is 0 Å². The van der Waals surface area contributed by atoms with Gasteiger partial charge < -0.3 is 29.5 Å². The summed E-state index contributed by atoms with van der Waals surface area (Å²) >= 11 is 6.42. The normalized spacial score (nSPS) is 24.0. The summed E-state index contributed by atoms with van der Waals surface area (Å²) in [4.78, 5) is 0. The van der Waals surface area contributed by atoms with Gasteiger partial charge in [0.1, 0.15) is 30.7 Å². The van der Waals surface area contributed by atoms with E-state index in [0.717, 1.165) is 16.9 Å². The van der Waals surface area contributed by atoms with Crippen molar-refractivity contribution in [2.45, 2.75) is 50.3 Å². The van der Waals surface area contributed by atoms with Crippen LogP contribution < -0.4 is 4.74 Å². The van der Waals surface area contributed by atoms with Gasteiger partial charge in [-0.2, -0.15) is 0 Å². The van der Waals surface area contributed by atoms with Crippen molar-refractivity contribution in [3.63, 3.8) is 0 Å².